The summed E-state index contributed by atoms with van der Waals surface area (Å²) in [6.45, 7) is 6.49. The van der Waals surface area contributed by atoms with Crippen LogP contribution in [0, 0.1) is 17.8 Å². The van der Waals surface area contributed by atoms with E-state index in [0.29, 0.717) is 12.5 Å². The molecule has 4 atom stereocenters. The van der Waals surface area contributed by atoms with Crippen LogP contribution in [-0.2, 0) is 4.79 Å². The molecule has 1 aliphatic rings. The number of rotatable bonds is 9. The Balaban J connectivity index is 3.10. The molecule has 0 aromatic rings. The fourth-order valence-corrected chi connectivity index (χ4v) is 4.56. The van der Waals surface area contributed by atoms with Crippen LogP contribution in [0.3, 0.4) is 0 Å². The molecule has 1 rings (SSSR count). The Morgan fingerprint density at radius 3 is 2.52 bits per heavy atom. The highest BCUT2D eigenvalue weighted by atomic mass is 32.2. The molecule has 0 spiro atoms. The van der Waals surface area contributed by atoms with Crippen LogP contribution in [0.4, 0.5) is 17.6 Å². The summed E-state index contributed by atoms with van der Waals surface area (Å²) < 4.78 is 55.1. The van der Waals surface area contributed by atoms with Gasteiger partial charge in [-0.05, 0) is 38.8 Å². The zero-order valence-corrected chi connectivity index (χ0v) is 16.2. The number of hydrogen-bond donors (Lipinski definition) is 0. The van der Waals surface area contributed by atoms with E-state index in [1.807, 2.05) is 18.7 Å². The number of allylic oxidation sites excluding steroid dienone is 1. The van der Waals surface area contributed by atoms with Crippen LogP contribution in [0.15, 0.2) is 11.9 Å². The minimum absolute atomic E-state index is 0.0846. The van der Waals surface area contributed by atoms with E-state index in [1.165, 1.54) is 17.8 Å². The highest BCUT2D eigenvalue weighted by molar-refractivity contribution is 8.00. The highest BCUT2D eigenvalue weighted by Crippen LogP contribution is 2.47. The van der Waals surface area contributed by atoms with Gasteiger partial charge >= 0.3 is 6.18 Å². The van der Waals surface area contributed by atoms with Crippen molar-refractivity contribution in [1.29, 1.82) is 0 Å². The van der Waals surface area contributed by atoms with Gasteiger partial charge in [0.15, 0.2) is 0 Å². The van der Waals surface area contributed by atoms with Crippen molar-refractivity contribution >= 4 is 18.0 Å². The number of nitrogens with zero attached hydrogens (tertiary/aromatic N) is 1. The lowest BCUT2D eigenvalue weighted by Crippen LogP contribution is -2.46. The Morgan fingerprint density at radius 1 is 1.36 bits per heavy atom. The zero-order valence-electron chi connectivity index (χ0n) is 15.4. The van der Waals surface area contributed by atoms with Gasteiger partial charge in [0.1, 0.15) is 12.1 Å². The van der Waals surface area contributed by atoms with Crippen molar-refractivity contribution in [3.63, 3.8) is 0 Å². The molecule has 0 aliphatic heterocycles. The molecule has 0 heterocycles. The Kier molecular flexibility index (Phi) is 8.95. The molecule has 2 nitrogen and oxygen atoms in total. The number of carbonyl (C=O) groups excluding carboxylic acids is 1. The lowest BCUT2D eigenvalue weighted by molar-refractivity contribution is -0.192. The Bertz CT molecular complexity index is 453. The third-order valence-electron chi connectivity index (χ3n) is 4.59. The maximum Gasteiger partial charge on any atom is 0.392 e. The van der Waals surface area contributed by atoms with Gasteiger partial charge in [-0.25, -0.2) is 4.39 Å². The van der Waals surface area contributed by atoms with E-state index in [4.69, 9.17) is 0 Å². The molecule has 0 saturated carbocycles. The normalized spacial score (nSPS) is 24.3. The number of aldehydes is 1. The second-order valence-electron chi connectivity index (χ2n) is 7.24. The predicted octanol–water partition coefficient (Wildman–Crippen LogP) is 5.44. The summed E-state index contributed by atoms with van der Waals surface area (Å²) in [5, 5.41) is -0.801. The molecule has 4 unspecified atom stereocenters. The average molecular weight is 383 g/mol. The standard InChI is InChI=1S/C18H29F4NOS/c1-12(2)8-10-23(4)17(25-13(3)9-11-24)16-14(18(20,21)22)6-5-7-15(16)19/h7,11-14,16-17H,5-6,8-10H2,1-4H3. The van der Waals surface area contributed by atoms with Crippen LogP contribution in [0.2, 0.25) is 0 Å². The van der Waals surface area contributed by atoms with E-state index in [-0.39, 0.29) is 24.5 Å². The van der Waals surface area contributed by atoms with E-state index < -0.39 is 29.2 Å². The first kappa shape index (κ1) is 22.5. The monoisotopic (exact) mass is 383 g/mol. The van der Waals surface area contributed by atoms with Gasteiger partial charge in [0.05, 0.1) is 11.3 Å². The van der Waals surface area contributed by atoms with Crippen molar-refractivity contribution in [3.8, 4) is 0 Å². The fourth-order valence-electron chi connectivity index (χ4n) is 3.09. The molecule has 146 valence electrons. The average Bonchev–Trinajstić information content (AvgIpc) is 2.49. The molecule has 1 aliphatic carbocycles. The maximum atomic E-state index is 14.5. The first-order valence-electron chi connectivity index (χ1n) is 8.79. The quantitative estimate of drug-likeness (QED) is 0.300. The van der Waals surface area contributed by atoms with Crippen LogP contribution in [0.1, 0.15) is 46.5 Å². The maximum absolute atomic E-state index is 14.5. The minimum atomic E-state index is -4.43. The number of alkyl halides is 3. The van der Waals surface area contributed by atoms with Gasteiger partial charge in [-0.2, -0.15) is 13.2 Å². The number of thioether (sulfide) groups is 1. The van der Waals surface area contributed by atoms with Gasteiger partial charge in [-0.1, -0.05) is 26.8 Å². The number of carbonyl (C=O) groups is 1. The van der Waals surface area contributed by atoms with Crippen molar-refractivity contribution in [2.24, 2.45) is 17.8 Å². The predicted molar refractivity (Wildman–Crippen MR) is 95.1 cm³/mol. The molecule has 0 saturated heterocycles. The molecule has 0 fully saturated rings. The molecule has 0 aromatic heterocycles. The van der Waals surface area contributed by atoms with Crippen molar-refractivity contribution in [1.82, 2.24) is 4.90 Å². The molecular formula is C18H29F4NOS. The lowest BCUT2D eigenvalue weighted by atomic mass is 9.81. The number of halogens is 4. The summed E-state index contributed by atoms with van der Waals surface area (Å²) in [7, 11) is 1.75. The fraction of sp³-hybridized carbons (Fsp3) is 0.833. The first-order valence-corrected chi connectivity index (χ1v) is 9.73. The topological polar surface area (TPSA) is 20.3 Å². The molecule has 25 heavy (non-hydrogen) atoms. The first-order chi connectivity index (χ1) is 11.6. The van der Waals surface area contributed by atoms with Crippen LogP contribution in [-0.4, -0.2) is 41.6 Å². The Labute approximate surface area is 152 Å². The second kappa shape index (κ2) is 9.95. The van der Waals surface area contributed by atoms with Crippen LogP contribution < -0.4 is 0 Å². The van der Waals surface area contributed by atoms with Crippen molar-refractivity contribution in [2.75, 3.05) is 13.6 Å². The third-order valence-corrected chi connectivity index (χ3v) is 6.18. The van der Waals surface area contributed by atoms with E-state index in [9.17, 15) is 22.4 Å². The van der Waals surface area contributed by atoms with E-state index in [2.05, 4.69) is 0 Å². The van der Waals surface area contributed by atoms with Gasteiger partial charge in [0.2, 0.25) is 0 Å². The SMILES string of the molecule is CC(C)CCN(C)C(SC(C)CC=O)C1C(F)=CCCC1C(F)(F)F. The molecular weight excluding hydrogens is 354 g/mol. The highest BCUT2D eigenvalue weighted by Gasteiger charge is 2.50. The summed E-state index contributed by atoms with van der Waals surface area (Å²) in [5.41, 5.74) is 0. The summed E-state index contributed by atoms with van der Waals surface area (Å²) in [5.74, 6) is -3.16. The largest absolute Gasteiger partial charge is 0.392 e. The Morgan fingerprint density at radius 2 is 2.00 bits per heavy atom. The molecule has 7 heteroatoms. The van der Waals surface area contributed by atoms with E-state index >= 15 is 0 Å². The van der Waals surface area contributed by atoms with Gasteiger partial charge in [-0.15, -0.1) is 11.8 Å². The third kappa shape index (κ3) is 6.93. The van der Waals surface area contributed by atoms with Gasteiger partial charge in [-0.3, -0.25) is 4.90 Å². The van der Waals surface area contributed by atoms with Crippen molar-refractivity contribution < 1.29 is 22.4 Å². The summed E-state index contributed by atoms with van der Waals surface area (Å²) in [4.78, 5) is 12.6. The zero-order chi connectivity index (χ0) is 19.2. The van der Waals surface area contributed by atoms with Crippen LogP contribution >= 0.6 is 11.8 Å². The molecule has 0 radical (unpaired) electrons. The van der Waals surface area contributed by atoms with Gasteiger partial charge in [0, 0.05) is 17.6 Å². The molecule has 0 bridgehead atoms. The molecule has 0 amide bonds. The lowest BCUT2D eigenvalue weighted by Gasteiger charge is -2.41. The number of hydrogen-bond acceptors (Lipinski definition) is 3. The van der Waals surface area contributed by atoms with Crippen molar-refractivity contribution in [3.05, 3.63) is 11.9 Å². The molecule has 0 aromatic carbocycles. The van der Waals surface area contributed by atoms with Gasteiger partial charge in [0.25, 0.3) is 0 Å². The summed E-state index contributed by atoms with van der Waals surface area (Å²) in [6.07, 6.45) is -1.28. The second-order valence-corrected chi connectivity index (χ2v) is 8.80. The Hall–Kier alpha value is -0.560. The van der Waals surface area contributed by atoms with Crippen LogP contribution in [0.5, 0.6) is 0 Å². The van der Waals surface area contributed by atoms with Crippen LogP contribution in [0.25, 0.3) is 0 Å². The summed E-state index contributed by atoms with van der Waals surface area (Å²) in [6, 6.07) is 0. The summed E-state index contributed by atoms with van der Waals surface area (Å²) >= 11 is 1.27. The van der Waals surface area contributed by atoms with Gasteiger partial charge < -0.3 is 4.79 Å². The van der Waals surface area contributed by atoms with E-state index in [1.54, 1.807) is 14.0 Å². The minimum Gasteiger partial charge on any atom is -0.303 e. The van der Waals surface area contributed by atoms with E-state index in [0.717, 1.165) is 12.7 Å². The molecule has 0 N–H and O–H groups in total. The van der Waals surface area contributed by atoms with Crippen molar-refractivity contribution in [2.45, 2.75) is 63.3 Å². The smallest absolute Gasteiger partial charge is 0.303 e.